The largest absolute Gasteiger partial charge is 0.435 e. The minimum atomic E-state index is -4.50. The SMILES string of the molecule is O=C(Cn1ccc(C(F)(F)F)n1)N1CCN(Cc2cccc(Cl)c2)CC1. The molecule has 1 amide bonds. The normalized spacial score (nSPS) is 16.1. The highest BCUT2D eigenvalue weighted by atomic mass is 35.5. The third kappa shape index (κ3) is 4.76. The molecule has 140 valence electrons. The number of nitrogens with zero attached hydrogens (tertiary/aromatic N) is 4. The van der Waals surface area contributed by atoms with Crippen molar-refractivity contribution in [1.82, 2.24) is 19.6 Å². The Morgan fingerprint density at radius 2 is 1.88 bits per heavy atom. The number of hydrogen-bond acceptors (Lipinski definition) is 3. The Hall–Kier alpha value is -2.06. The summed E-state index contributed by atoms with van der Waals surface area (Å²) in [4.78, 5) is 16.2. The van der Waals surface area contributed by atoms with Crippen LogP contribution in [0.3, 0.4) is 0 Å². The van der Waals surface area contributed by atoms with E-state index in [1.807, 2.05) is 24.3 Å². The molecule has 2 heterocycles. The fourth-order valence-corrected chi connectivity index (χ4v) is 3.10. The quantitative estimate of drug-likeness (QED) is 0.811. The molecule has 1 saturated heterocycles. The molecule has 0 unspecified atom stereocenters. The first kappa shape index (κ1) is 18.7. The van der Waals surface area contributed by atoms with Crippen LogP contribution < -0.4 is 0 Å². The molecule has 1 aliphatic rings. The molecule has 1 aromatic heterocycles. The van der Waals surface area contributed by atoms with Gasteiger partial charge in [-0.05, 0) is 23.8 Å². The fourth-order valence-electron chi connectivity index (χ4n) is 2.89. The molecule has 0 aliphatic carbocycles. The molecule has 26 heavy (non-hydrogen) atoms. The third-order valence-electron chi connectivity index (χ3n) is 4.25. The monoisotopic (exact) mass is 386 g/mol. The summed E-state index contributed by atoms with van der Waals surface area (Å²) in [6.45, 7) is 3.02. The summed E-state index contributed by atoms with van der Waals surface area (Å²) < 4.78 is 38.7. The lowest BCUT2D eigenvalue weighted by atomic mass is 10.2. The van der Waals surface area contributed by atoms with Crippen LogP contribution in [0.4, 0.5) is 13.2 Å². The Bertz CT molecular complexity index is 769. The van der Waals surface area contributed by atoms with Crippen LogP contribution in [0.25, 0.3) is 0 Å². The van der Waals surface area contributed by atoms with Gasteiger partial charge in [0.25, 0.3) is 0 Å². The van der Waals surface area contributed by atoms with Crippen molar-refractivity contribution in [2.24, 2.45) is 0 Å². The van der Waals surface area contributed by atoms with E-state index < -0.39 is 11.9 Å². The van der Waals surface area contributed by atoms with Crippen molar-refractivity contribution in [3.63, 3.8) is 0 Å². The lowest BCUT2D eigenvalue weighted by Crippen LogP contribution is -2.49. The second kappa shape index (κ2) is 7.67. The Balaban J connectivity index is 1.50. The summed E-state index contributed by atoms with van der Waals surface area (Å²) in [7, 11) is 0. The maximum absolute atomic E-state index is 12.6. The van der Waals surface area contributed by atoms with Crippen molar-refractivity contribution >= 4 is 17.5 Å². The number of carbonyl (C=O) groups excluding carboxylic acids is 1. The summed E-state index contributed by atoms with van der Waals surface area (Å²) in [5, 5.41) is 4.11. The second-order valence-corrected chi connectivity index (χ2v) is 6.62. The van der Waals surface area contributed by atoms with Gasteiger partial charge in [-0.25, -0.2) is 0 Å². The number of aromatic nitrogens is 2. The molecule has 0 spiro atoms. The first-order chi connectivity index (χ1) is 12.3. The van der Waals surface area contributed by atoms with Crippen LogP contribution >= 0.6 is 11.6 Å². The molecule has 5 nitrogen and oxygen atoms in total. The van der Waals surface area contributed by atoms with Crippen molar-refractivity contribution in [2.75, 3.05) is 26.2 Å². The summed E-state index contributed by atoms with van der Waals surface area (Å²) in [6, 6.07) is 8.50. The van der Waals surface area contributed by atoms with Gasteiger partial charge in [0, 0.05) is 43.9 Å². The Labute approximate surface area is 153 Å². The summed E-state index contributed by atoms with van der Waals surface area (Å²) in [5.41, 5.74) is 0.116. The Morgan fingerprint density at radius 1 is 1.15 bits per heavy atom. The zero-order chi connectivity index (χ0) is 18.7. The van der Waals surface area contributed by atoms with Crippen LogP contribution in [0.15, 0.2) is 36.5 Å². The fraction of sp³-hybridized carbons (Fsp3) is 0.412. The topological polar surface area (TPSA) is 41.4 Å². The van der Waals surface area contributed by atoms with Crippen LogP contribution in [0, 0.1) is 0 Å². The van der Waals surface area contributed by atoms with Gasteiger partial charge in [0.2, 0.25) is 5.91 Å². The molecule has 9 heteroatoms. The summed E-state index contributed by atoms with van der Waals surface area (Å²) in [6.07, 6.45) is -3.32. The van der Waals surface area contributed by atoms with Crippen LogP contribution in [-0.2, 0) is 24.1 Å². The van der Waals surface area contributed by atoms with Gasteiger partial charge in [-0.3, -0.25) is 14.4 Å². The Kier molecular flexibility index (Phi) is 5.52. The van der Waals surface area contributed by atoms with Crippen molar-refractivity contribution < 1.29 is 18.0 Å². The summed E-state index contributed by atoms with van der Waals surface area (Å²) >= 11 is 5.98. The molecule has 1 aromatic carbocycles. The van der Waals surface area contributed by atoms with Crippen LogP contribution in [0.1, 0.15) is 11.3 Å². The van der Waals surface area contributed by atoms with E-state index in [2.05, 4.69) is 10.00 Å². The predicted octanol–water partition coefficient (Wildman–Crippen LogP) is 2.90. The van der Waals surface area contributed by atoms with Crippen LogP contribution in [0.5, 0.6) is 0 Å². The molecular formula is C17H18ClF3N4O. The van der Waals surface area contributed by atoms with E-state index >= 15 is 0 Å². The number of benzene rings is 1. The van der Waals surface area contributed by atoms with Gasteiger partial charge >= 0.3 is 6.18 Å². The predicted molar refractivity (Wildman–Crippen MR) is 90.5 cm³/mol. The minimum absolute atomic E-state index is 0.190. The molecule has 1 fully saturated rings. The van der Waals surface area contributed by atoms with E-state index in [4.69, 9.17) is 11.6 Å². The highest BCUT2D eigenvalue weighted by Crippen LogP contribution is 2.27. The van der Waals surface area contributed by atoms with Crippen molar-refractivity contribution in [1.29, 1.82) is 0 Å². The molecule has 2 aromatic rings. The van der Waals surface area contributed by atoms with Crippen molar-refractivity contribution in [3.8, 4) is 0 Å². The molecule has 0 radical (unpaired) electrons. The number of rotatable bonds is 4. The Morgan fingerprint density at radius 3 is 2.50 bits per heavy atom. The number of alkyl halides is 3. The zero-order valence-electron chi connectivity index (χ0n) is 13.9. The number of amides is 1. The zero-order valence-corrected chi connectivity index (χ0v) is 14.7. The van der Waals surface area contributed by atoms with Gasteiger partial charge in [-0.1, -0.05) is 23.7 Å². The smallest absolute Gasteiger partial charge is 0.339 e. The average molecular weight is 387 g/mol. The molecular weight excluding hydrogens is 369 g/mol. The van der Waals surface area contributed by atoms with Gasteiger partial charge in [-0.15, -0.1) is 0 Å². The van der Waals surface area contributed by atoms with Crippen LogP contribution in [-0.4, -0.2) is 51.7 Å². The highest BCUT2D eigenvalue weighted by molar-refractivity contribution is 6.30. The number of halogens is 4. The lowest BCUT2D eigenvalue weighted by Gasteiger charge is -2.34. The van der Waals surface area contributed by atoms with E-state index in [9.17, 15) is 18.0 Å². The maximum atomic E-state index is 12.6. The van der Waals surface area contributed by atoms with E-state index in [1.165, 1.54) is 6.20 Å². The maximum Gasteiger partial charge on any atom is 0.435 e. The molecule has 1 aliphatic heterocycles. The number of carbonyl (C=O) groups is 1. The molecule has 0 N–H and O–H groups in total. The second-order valence-electron chi connectivity index (χ2n) is 6.18. The van der Waals surface area contributed by atoms with Gasteiger partial charge in [0.05, 0.1) is 0 Å². The lowest BCUT2D eigenvalue weighted by molar-refractivity contribution is -0.142. The minimum Gasteiger partial charge on any atom is -0.339 e. The highest BCUT2D eigenvalue weighted by Gasteiger charge is 2.33. The van der Waals surface area contributed by atoms with E-state index in [1.54, 1.807) is 4.90 Å². The van der Waals surface area contributed by atoms with E-state index in [0.29, 0.717) is 31.2 Å². The van der Waals surface area contributed by atoms with Gasteiger partial charge < -0.3 is 4.90 Å². The average Bonchev–Trinajstić information content (AvgIpc) is 3.04. The van der Waals surface area contributed by atoms with E-state index in [0.717, 1.165) is 22.9 Å². The molecule has 0 bridgehead atoms. The van der Waals surface area contributed by atoms with Gasteiger partial charge in [0.15, 0.2) is 5.69 Å². The van der Waals surface area contributed by atoms with E-state index in [-0.39, 0.29) is 12.5 Å². The molecule has 3 rings (SSSR count). The van der Waals surface area contributed by atoms with Crippen LogP contribution in [0.2, 0.25) is 5.02 Å². The van der Waals surface area contributed by atoms with Gasteiger partial charge in [0.1, 0.15) is 6.54 Å². The molecule has 0 atom stereocenters. The summed E-state index contributed by atoms with van der Waals surface area (Å²) in [5.74, 6) is -0.232. The van der Waals surface area contributed by atoms with Crippen molar-refractivity contribution in [3.05, 3.63) is 52.8 Å². The van der Waals surface area contributed by atoms with Gasteiger partial charge in [-0.2, -0.15) is 18.3 Å². The first-order valence-corrected chi connectivity index (χ1v) is 8.54. The first-order valence-electron chi connectivity index (χ1n) is 8.16. The molecule has 0 saturated carbocycles. The standard InChI is InChI=1S/C17H18ClF3N4O/c18-14-3-1-2-13(10-14)11-23-6-8-24(9-7-23)16(26)12-25-5-4-15(22-25)17(19,20)21/h1-5,10H,6-9,11-12H2. The number of piperazine rings is 1. The van der Waals surface area contributed by atoms with Crippen molar-refractivity contribution in [2.45, 2.75) is 19.3 Å². The third-order valence-corrected chi connectivity index (χ3v) is 4.48. The number of hydrogen-bond donors (Lipinski definition) is 0.